The third-order valence-electron chi connectivity index (χ3n) is 10.2. The second-order valence-electron chi connectivity index (χ2n) is 13.1. The fraction of sp³-hybridized carbons (Fsp3) is 0.719. The predicted molar refractivity (Wildman–Crippen MR) is 145 cm³/mol. The van der Waals surface area contributed by atoms with E-state index in [0.717, 1.165) is 43.3 Å². The van der Waals surface area contributed by atoms with Crippen LogP contribution in [-0.2, 0) is 4.79 Å². The second-order valence-corrected chi connectivity index (χ2v) is 13.1. The maximum atomic E-state index is 12.6. The minimum Gasteiger partial charge on any atom is -0.393 e. The predicted octanol–water partition coefficient (Wildman–Crippen LogP) is 6.22. The van der Waals surface area contributed by atoms with Crippen molar-refractivity contribution in [2.24, 2.45) is 28.1 Å². The molecule has 0 saturated heterocycles. The fourth-order valence-corrected chi connectivity index (χ4v) is 7.92. The van der Waals surface area contributed by atoms with E-state index in [9.17, 15) is 20.1 Å². The Kier molecular flexibility index (Phi) is 7.91. The molecule has 0 aromatic carbocycles. The Morgan fingerprint density at radius 1 is 1.19 bits per heavy atom. The van der Waals surface area contributed by atoms with Crippen LogP contribution in [0.2, 0.25) is 0 Å². The number of fused-ring (bicyclic) bond motifs is 1. The highest BCUT2D eigenvalue weighted by Crippen LogP contribution is 2.62. The standard InChI is InChI=1S/C32H48O4/c1-6-8-28(35)32(17-18-32)29(36)14-16-30(3,4)27-13-12-25-22(9-7-15-31(25,27)5)10-11-23-19-24(33)20-26(34)21(23)2/h10-11,14,16,24-27,29,33-34,36H,2,6-9,12-13,15,17-20H2,1,3-5H3/b16-14+,22-10+,23-11-/t24-,25+,26+,27-,29+,31+/m1/s1. The molecule has 200 valence electrons. The number of aliphatic hydroxyl groups excluding tert-OH is 3. The van der Waals surface area contributed by atoms with Gasteiger partial charge in [-0.2, -0.15) is 0 Å². The Morgan fingerprint density at radius 3 is 2.58 bits per heavy atom. The third-order valence-corrected chi connectivity index (χ3v) is 10.2. The first-order valence-electron chi connectivity index (χ1n) is 14.3. The molecule has 0 aromatic rings. The molecule has 0 unspecified atom stereocenters. The summed E-state index contributed by atoms with van der Waals surface area (Å²) in [5.41, 5.74) is 2.81. The van der Waals surface area contributed by atoms with Crippen molar-refractivity contribution in [2.75, 3.05) is 0 Å². The second kappa shape index (κ2) is 10.3. The lowest BCUT2D eigenvalue weighted by molar-refractivity contribution is -0.127. The summed E-state index contributed by atoms with van der Waals surface area (Å²) in [5.74, 6) is 1.26. The van der Waals surface area contributed by atoms with Gasteiger partial charge in [-0.05, 0) is 91.6 Å². The quantitative estimate of drug-likeness (QED) is 0.349. The van der Waals surface area contributed by atoms with Crippen LogP contribution in [0.3, 0.4) is 0 Å². The summed E-state index contributed by atoms with van der Waals surface area (Å²) in [6.07, 6.45) is 16.4. The molecule has 4 nitrogen and oxygen atoms in total. The summed E-state index contributed by atoms with van der Waals surface area (Å²) in [4.78, 5) is 12.6. The third kappa shape index (κ3) is 5.11. The normalized spacial score (nSPS) is 37.5. The van der Waals surface area contributed by atoms with E-state index in [2.05, 4.69) is 45.6 Å². The molecule has 0 heterocycles. The summed E-state index contributed by atoms with van der Waals surface area (Å²) in [6, 6.07) is 0. The summed E-state index contributed by atoms with van der Waals surface area (Å²) in [6.45, 7) is 13.2. The molecule has 4 aliphatic carbocycles. The Labute approximate surface area is 218 Å². The van der Waals surface area contributed by atoms with Crippen LogP contribution in [-0.4, -0.2) is 39.4 Å². The van der Waals surface area contributed by atoms with Gasteiger partial charge < -0.3 is 15.3 Å². The molecular weight excluding hydrogens is 448 g/mol. The molecule has 4 saturated carbocycles. The molecular formula is C32H48O4. The first-order valence-corrected chi connectivity index (χ1v) is 14.3. The van der Waals surface area contributed by atoms with E-state index in [0.29, 0.717) is 31.1 Å². The van der Waals surface area contributed by atoms with Crippen molar-refractivity contribution < 1.29 is 20.1 Å². The average Bonchev–Trinajstić information content (AvgIpc) is 3.55. The molecule has 3 N–H and O–H groups in total. The SMILES string of the molecule is C=C1/C(=C\C=C2/CCC[C@]3(C)[C@@H](C(C)(C)/C=C/[C@H](O)C4(C(=O)CCC)CC4)CC[C@@H]23)C[C@@H](O)C[C@@H]1O. The molecule has 0 amide bonds. The Hall–Kier alpha value is -1.49. The van der Waals surface area contributed by atoms with Crippen LogP contribution in [0, 0.1) is 28.1 Å². The molecule has 0 radical (unpaired) electrons. The number of carbonyl (C=O) groups is 1. The van der Waals surface area contributed by atoms with Gasteiger partial charge in [0.15, 0.2) is 0 Å². The van der Waals surface area contributed by atoms with Crippen LogP contribution in [0.4, 0.5) is 0 Å². The van der Waals surface area contributed by atoms with Crippen molar-refractivity contribution in [1.82, 2.24) is 0 Å². The summed E-state index contributed by atoms with van der Waals surface area (Å²) >= 11 is 0. The van der Waals surface area contributed by atoms with E-state index in [1.807, 2.05) is 13.0 Å². The number of carbonyl (C=O) groups excluding carboxylic acids is 1. The summed E-state index contributed by atoms with van der Waals surface area (Å²) < 4.78 is 0. The number of aliphatic hydroxyl groups is 3. The fourth-order valence-electron chi connectivity index (χ4n) is 7.92. The van der Waals surface area contributed by atoms with E-state index in [-0.39, 0.29) is 16.6 Å². The largest absolute Gasteiger partial charge is 0.393 e. The van der Waals surface area contributed by atoms with E-state index >= 15 is 0 Å². The topological polar surface area (TPSA) is 77.8 Å². The number of ketones is 1. The van der Waals surface area contributed by atoms with Gasteiger partial charge in [-0.25, -0.2) is 0 Å². The van der Waals surface area contributed by atoms with Crippen molar-refractivity contribution in [3.05, 3.63) is 47.6 Å². The minimum atomic E-state index is -0.677. The van der Waals surface area contributed by atoms with E-state index in [4.69, 9.17) is 0 Å². The Morgan fingerprint density at radius 2 is 1.92 bits per heavy atom. The van der Waals surface area contributed by atoms with Gasteiger partial charge in [-0.1, -0.05) is 64.2 Å². The van der Waals surface area contributed by atoms with Gasteiger partial charge in [0.25, 0.3) is 0 Å². The minimum absolute atomic E-state index is 0.0683. The van der Waals surface area contributed by atoms with Gasteiger partial charge in [0.05, 0.1) is 23.7 Å². The van der Waals surface area contributed by atoms with Crippen LogP contribution in [0.1, 0.15) is 98.3 Å². The van der Waals surface area contributed by atoms with Crippen molar-refractivity contribution in [2.45, 2.75) is 117 Å². The lowest BCUT2D eigenvalue weighted by Crippen LogP contribution is -2.39. The smallest absolute Gasteiger partial charge is 0.141 e. The molecule has 36 heavy (non-hydrogen) atoms. The van der Waals surface area contributed by atoms with Crippen LogP contribution in [0.15, 0.2) is 47.6 Å². The summed E-state index contributed by atoms with van der Waals surface area (Å²) in [5, 5.41) is 31.3. The van der Waals surface area contributed by atoms with Crippen molar-refractivity contribution >= 4 is 5.78 Å². The highest BCUT2D eigenvalue weighted by molar-refractivity contribution is 5.88. The lowest BCUT2D eigenvalue weighted by Gasteiger charge is -2.47. The number of allylic oxidation sites excluding steroid dienone is 4. The van der Waals surface area contributed by atoms with Gasteiger partial charge in [-0.15, -0.1) is 0 Å². The molecule has 0 aromatic heterocycles. The van der Waals surface area contributed by atoms with Crippen LogP contribution >= 0.6 is 0 Å². The van der Waals surface area contributed by atoms with E-state index < -0.39 is 23.7 Å². The zero-order chi connectivity index (χ0) is 26.3. The van der Waals surface area contributed by atoms with Crippen molar-refractivity contribution in [1.29, 1.82) is 0 Å². The summed E-state index contributed by atoms with van der Waals surface area (Å²) in [7, 11) is 0. The van der Waals surface area contributed by atoms with Gasteiger partial charge in [0, 0.05) is 12.8 Å². The zero-order valence-electron chi connectivity index (χ0n) is 22.9. The molecule has 4 rings (SSSR count). The van der Waals surface area contributed by atoms with Crippen molar-refractivity contribution in [3.8, 4) is 0 Å². The maximum absolute atomic E-state index is 12.6. The molecule has 6 atom stereocenters. The van der Waals surface area contributed by atoms with E-state index in [1.54, 1.807) is 0 Å². The molecule has 0 bridgehead atoms. The number of rotatable bonds is 8. The molecule has 0 aliphatic heterocycles. The van der Waals surface area contributed by atoms with Gasteiger partial charge >= 0.3 is 0 Å². The zero-order valence-corrected chi connectivity index (χ0v) is 22.9. The first-order chi connectivity index (χ1) is 16.9. The van der Waals surface area contributed by atoms with Gasteiger partial charge in [0.2, 0.25) is 0 Å². The average molecular weight is 497 g/mol. The Balaban J connectivity index is 1.50. The monoisotopic (exact) mass is 496 g/mol. The highest BCUT2D eigenvalue weighted by atomic mass is 16.3. The number of hydrogen-bond donors (Lipinski definition) is 3. The number of hydrogen-bond acceptors (Lipinski definition) is 4. The molecule has 0 spiro atoms. The highest BCUT2D eigenvalue weighted by Gasteiger charge is 2.55. The van der Waals surface area contributed by atoms with Crippen molar-refractivity contribution in [3.63, 3.8) is 0 Å². The van der Waals surface area contributed by atoms with Gasteiger partial charge in [0.1, 0.15) is 5.78 Å². The van der Waals surface area contributed by atoms with Crippen LogP contribution in [0.5, 0.6) is 0 Å². The molecule has 4 fully saturated rings. The Bertz CT molecular complexity index is 949. The lowest BCUT2D eigenvalue weighted by atomic mass is 9.57. The van der Waals surface area contributed by atoms with Crippen LogP contribution in [0.25, 0.3) is 0 Å². The van der Waals surface area contributed by atoms with E-state index in [1.165, 1.54) is 24.8 Å². The van der Waals surface area contributed by atoms with Crippen LogP contribution < -0.4 is 0 Å². The molecule has 4 aliphatic rings. The number of Topliss-reactive ketones (excluding diaryl/α,β-unsaturated/α-hetero) is 1. The molecule has 4 heteroatoms. The first kappa shape index (κ1) is 27.5. The maximum Gasteiger partial charge on any atom is 0.141 e. The van der Waals surface area contributed by atoms with Gasteiger partial charge in [-0.3, -0.25) is 4.79 Å².